The highest BCUT2D eigenvalue weighted by Gasteiger charge is 2.16. The molecule has 0 saturated carbocycles. The van der Waals surface area contributed by atoms with Gasteiger partial charge in [-0.3, -0.25) is 4.79 Å². The first kappa shape index (κ1) is 17.0. The van der Waals surface area contributed by atoms with Crippen LogP contribution in [0.15, 0.2) is 54.9 Å². The lowest BCUT2D eigenvalue weighted by Crippen LogP contribution is -2.17. The Balaban J connectivity index is 1.41. The van der Waals surface area contributed by atoms with Gasteiger partial charge in [-0.1, -0.05) is 30.3 Å². The molecule has 0 fully saturated rings. The number of aromatic nitrogens is 3. The smallest absolute Gasteiger partial charge is 0.295 e. The second-order valence-corrected chi connectivity index (χ2v) is 6.03. The topological polar surface area (TPSA) is 98.5 Å². The van der Waals surface area contributed by atoms with Gasteiger partial charge in [0.1, 0.15) is 19.5 Å². The fraction of sp³-hybridized carbons (Fsp3) is 0.211. The zero-order valence-corrected chi connectivity index (χ0v) is 14.4. The molecule has 0 spiro atoms. The molecule has 1 atom stereocenters. The standard InChI is InChI=1S/C19H18N4O4/c24-15(13-4-2-1-3-5-13)11-23-12-20-18(22-23)19(25)21-14-6-7-16-17(10-14)27-9-8-26-16/h1-7,10,12,15,24H,8-9,11H2,(H,21,25). The highest BCUT2D eigenvalue weighted by molar-refractivity contribution is 6.01. The molecule has 0 bridgehead atoms. The molecular formula is C19H18N4O4. The van der Waals surface area contributed by atoms with E-state index in [1.807, 2.05) is 30.3 Å². The number of amides is 1. The third-order valence-electron chi connectivity index (χ3n) is 4.08. The summed E-state index contributed by atoms with van der Waals surface area (Å²) in [4.78, 5) is 16.4. The van der Waals surface area contributed by atoms with E-state index in [9.17, 15) is 9.90 Å². The monoisotopic (exact) mass is 366 g/mol. The zero-order valence-electron chi connectivity index (χ0n) is 14.4. The van der Waals surface area contributed by atoms with Gasteiger partial charge in [0.25, 0.3) is 5.91 Å². The summed E-state index contributed by atoms with van der Waals surface area (Å²) < 4.78 is 12.4. The Morgan fingerprint density at radius 1 is 1.15 bits per heavy atom. The lowest BCUT2D eigenvalue weighted by Gasteiger charge is -2.18. The van der Waals surface area contributed by atoms with Crippen LogP contribution in [0.4, 0.5) is 5.69 Å². The number of hydrogen-bond acceptors (Lipinski definition) is 6. The number of nitrogens with one attached hydrogen (secondary N) is 1. The maximum atomic E-state index is 12.4. The summed E-state index contributed by atoms with van der Waals surface area (Å²) in [5, 5.41) is 17.1. The minimum absolute atomic E-state index is 0.0187. The highest BCUT2D eigenvalue weighted by atomic mass is 16.6. The molecule has 1 amide bonds. The van der Waals surface area contributed by atoms with Crippen LogP contribution in [0.2, 0.25) is 0 Å². The summed E-state index contributed by atoms with van der Waals surface area (Å²) >= 11 is 0. The zero-order chi connectivity index (χ0) is 18.6. The van der Waals surface area contributed by atoms with Crippen molar-refractivity contribution >= 4 is 11.6 Å². The molecule has 8 nitrogen and oxygen atoms in total. The van der Waals surface area contributed by atoms with Gasteiger partial charge in [-0.05, 0) is 17.7 Å². The second kappa shape index (κ2) is 7.46. The van der Waals surface area contributed by atoms with Crippen molar-refractivity contribution in [2.45, 2.75) is 12.6 Å². The molecular weight excluding hydrogens is 348 g/mol. The predicted octanol–water partition coefficient (Wildman–Crippen LogP) is 2.04. The van der Waals surface area contributed by atoms with Crippen molar-refractivity contribution in [3.8, 4) is 11.5 Å². The van der Waals surface area contributed by atoms with E-state index in [0.717, 1.165) is 5.56 Å². The van der Waals surface area contributed by atoms with Crippen molar-refractivity contribution in [1.82, 2.24) is 14.8 Å². The predicted molar refractivity (Wildman–Crippen MR) is 96.8 cm³/mol. The fourth-order valence-corrected chi connectivity index (χ4v) is 2.75. The highest BCUT2D eigenvalue weighted by Crippen LogP contribution is 2.32. The molecule has 1 aliphatic rings. The fourth-order valence-electron chi connectivity index (χ4n) is 2.75. The normalized spacial score (nSPS) is 13.8. The molecule has 1 unspecified atom stereocenters. The van der Waals surface area contributed by atoms with Crippen LogP contribution in [0.25, 0.3) is 0 Å². The maximum Gasteiger partial charge on any atom is 0.295 e. The van der Waals surface area contributed by atoms with E-state index in [0.29, 0.717) is 30.4 Å². The number of fused-ring (bicyclic) bond motifs is 1. The van der Waals surface area contributed by atoms with E-state index in [2.05, 4.69) is 15.4 Å². The summed E-state index contributed by atoms with van der Waals surface area (Å²) in [6, 6.07) is 14.4. The molecule has 2 heterocycles. The molecule has 1 aliphatic heterocycles. The minimum Gasteiger partial charge on any atom is -0.486 e. The number of carbonyl (C=O) groups is 1. The SMILES string of the molecule is O=C(Nc1ccc2c(c1)OCCO2)c1ncn(CC(O)c2ccccc2)n1. The summed E-state index contributed by atoms with van der Waals surface area (Å²) in [6.45, 7) is 1.18. The van der Waals surface area contributed by atoms with Gasteiger partial charge in [0, 0.05) is 11.8 Å². The maximum absolute atomic E-state index is 12.4. The molecule has 27 heavy (non-hydrogen) atoms. The first-order valence-electron chi connectivity index (χ1n) is 8.52. The Morgan fingerprint density at radius 3 is 2.74 bits per heavy atom. The van der Waals surface area contributed by atoms with E-state index >= 15 is 0 Å². The summed E-state index contributed by atoms with van der Waals surface area (Å²) in [7, 11) is 0. The van der Waals surface area contributed by atoms with Crippen molar-refractivity contribution < 1.29 is 19.4 Å². The molecule has 2 N–H and O–H groups in total. The number of aliphatic hydroxyl groups excluding tert-OH is 1. The van der Waals surface area contributed by atoms with Crippen LogP contribution in [-0.4, -0.2) is 39.0 Å². The van der Waals surface area contributed by atoms with Crippen molar-refractivity contribution in [2.24, 2.45) is 0 Å². The number of ether oxygens (including phenoxy) is 2. The summed E-state index contributed by atoms with van der Waals surface area (Å²) in [5.74, 6) is 0.810. The first-order valence-corrected chi connectivity index (χ1v) is 8.52. The first-order chi connectivity index (χ1) is 13.2. The van der Waals surface area contributed by atoms with Crippen LogP contribution in [0.3, 0.4) is 0 Å². The molecule has 3 aromatic rings. The van der Waals surface area contributed by atoms with Crippen molar-refractivity contribution in [3.63, 3.8) is 0 Å². The van der Waals surface area contributed by atoms with Gasteiger partial charge in [-0.25, -0.2) is 9.67 Å². The van der Waals surface area contributed by atoms with E-state index in [-0.39, 0.29) is 12.4 Å². The quantitative estimate of drug-likeness (QED) is 0.717. The lowest BCUT2D eigenvalue weighted by molar-refractivity contribution is 0.101. The summed E-state index contributed by atoms with van der Waals surface area (Å²) in [6.07, 6.45) is 0.687. The van der Waals surface area contributed by atoms with E-state index < -0.39 is 12.0 Å². The van der Waals surface area contributed by atoms with E-state index in [4.69, 9.17) is 9.47 Å². The number of benzene rings is 2. The molecule has 2 aromatic carbocycles. The van der Waals surface area contributed by atoms with Crippen LogP contribution in [0, 0.1) is 0 Å². The average molecular weight is 366 g/mol. The van der Waals surface area contributed by atoms with E-state index in [1.165, 1.54) is 11.0 Å². The van der Waals surface area contributed by atoms with Gasteiger partial charge in [0.2, 0.25) is 5.82 Å². The number of rotatable bonds is 5. The Kier molecular flexibility index (Phi) is 4.71. The van der Waals surface area contributed by atoms with Crippen molar-refractivity contribution in [1.29, 1.82) is 0 Å². The van der Waals surface area contributed by atoms with Crippen molar-refractivity contribution in [3.05, 3.63) is 66.2 Å². The van der Waals surface area contributed by atoms with Gasteiger partial charge in [-0.15, -0.1) is 5.10 Å². The number of anilines is 1. The molecule has 4 rings (SSSR count). The Bertz CT molecular complexity index is 942. The number of aliphatic hydroxyl groups is 1. The largest absolute Gasteiger partial charge is 0.486 e. The van der Waals surface area contributed by atoms with Gasteiger partial charge in [-0.2, -0.15) is 0 Å². The number of hydrogen-bond donors (Lipinski definition) is 2. The van der Waals surface area contributed by atoms with Crippen LogP contribution in [0.1, 0.15) is 22.3 Å². The lowest BCUT2D eigenvalue weighted by atomic mass is 10.1. The molecule has 0 aliphatic carbocycles. The van der Waals surface area contributed by atoms with Gasteiger partial charge < -0.3 is 19.9 Å². The molecule has 0 radical (unpaired) electrons. The van der Waals surface area contributed by atoms with Gasteiger partial charge in [0.15, 0.2) is 11.5 Å². The Morgan fingerprint density at radius 2 is 1.93 bits per heavy atom. The van der Waals surface area contributed by atoms with Crippen LogP contribution >= 0.6 is 0 Å². The third kappa shape index (κ3) is 3.90. The average Bonchev–Trinajstić information content (AvgIpc) is 3.17. The van der Waals surface area contributed by atoms with E-state index in [1.54, 1.807) is 18.2 Å². The minimum atomic E-state index is -0.735. The molecule has 138 valence electrons. The summed E-state index contributed by atoms with van der Waals surface area (Å²) in [5.41, 5.74) is 1.33. The molecule has 0 saturated heterocycles. The molecule has 8 heteroatoms. The third-order valence-corrected chi connectivity index (χ3v) is 4.08. The number of nitrogens with zero attached hydrogens (tertiary/aromatic N) is 3. The Hall–Kier alpha value is -3.39. The van der Waals surface area contributed by atoms with Crippen LogP contribution in [0.5, 0.6) is 11.5 Å². The van der Waals surface area contributed by atoms with Crippen molar-refractivity contribution in [2.75, 3.05) is 18.5 Å². The van der Waals surface area contributed by atoms with Crippen LogP contribution in [-0.2, 0) is 6.54 Å². The number of carbonyl (C=O) groups excluding carboxylic acids is 1. The van der Waals surface area contributed by atoms with Crippen LogP contribution < -0.4 is 14.8 Å². The Labute approximate surface area is 155 Å². The molecule has 1 aromatic heterocycles. The van der Waals surface area contributed by atoms with Gasteiger partial charge >= 0.3 is 0 Å². The van der Waals surface area contributed by atoms with Gasteiger partial charge in [0.05, 0.1) is 12.6 Å². The second-order valence-electron chi connectivity index (χ2n) is 6.03.